The molecule has 0 aliphatic heterocycles. The zero-order valence-electron chi connectivity index (χ0n) is 9.03. The van der Waals surface area contributed by atoms with Gasteiger partial charge in [-0.1, -0.05) is 42.5 Å². The van der Waals surface area contributed by atoms with Crippen molar-refractivity contribution >= 4 is 0 Å². The van der Waals surface area contributed by atoms with E-state index in [1.54, 1.807) is 0 Å². The minimum atomic E-state index is -0.0901. The van der Waals surface area contributed by atoms with Crippen LogP contribution in [0, 0.1) is 0 Å². The Morgan fingerprint density at radius 2 is 1.79 bits per heavy atom. The smallest absolute Gasteiger partial charge is 0.0132 e. The molecule has 0 bridgehead atoms. The zero-order valence-corrected chi connectivity index (χ0v) is 9.03. The maximum atomic E-state index is 5.86. The molecule has 1 heteroatoms. The van der Waals surface area contributed by atoms with Crippen LogP contribution in [0.25, 0.3) is 0 Å². The fraction of sp³-hybridized carbons (Fsp3) is 0.385. The van der Waals surface area contributed by atoms with Gasteiger partial charge in [-0.15, -0.1) is 0 Å². The SMILES string of the molecule is CC(C)(N)C/C=C/Cc1ccccc1. The molecule has 0 saturated heterocycles. The van der Waals surface area contributed by atoms with Gasteiger partial charge in [0.2, 0.25) is 0 Å². The predicted octanol–water partition coefficient (Wildman–Crippen LogP) is 2.91. The van der Waals surface area contributed by atoms with Crippen LogP contribution in [0.15, 0.2) is 42.5 Å². The van der Waals surface area contributed by atoms with E-state index < -0.39 is 0 Å². The molecule has 1 aromatic carbocycles. The van der Waals surface area contributed by atoms with Crippen LogP contribution in [0.1, 0.15) is 25.8 Å². The lowest BCUT2D eigenvalue weighted by Gasteiger charge is -2.14. The Balaban J connectivity index is 2.35. The standard InChI is InChI=1S/C13H19N/c1-13(2,14)11-7-6-10-12-8-4-3-5-9-12/h3-9H,10-11,14H2,1-2H3/b7-6+. The maximum absolute atomic E-state index is 5.86. The molecule has 1 aromatic rings. The van der Waals surface area contributed by atoms with Crippen LogP contribution in [0.2, 0.25) is 0 Å². The van der Waals surface area contributed by atoms with Crippen molar-refractivity contribution in [1.82, 2.24) is 0 Å². The molecular weight excluding hydrogens is 170 g/mol. The van der Waals surface area contributed by atoms with Gasteiger partial charge in [0.25, 0.3) is 0 Å². The summed E-state index contributed by atoms with van der Waals surface area (Å²) in [4.78, 5) is 0. The van der Waals surface area contributed by atoms with Crippen molar-refractivity contribution in [2.75, 3.05) is 0 Å². The number of hydrogen-bond acceptors (Lipinski definition) is 1. The highest BCUT2D eigenvalue weighted by molar-refractivity contribution is 5.17. The van der Waals surface area contributed by atoms with Gasteiger partial charge >= 0.3 is 0 Å². The molecule has 0 saturated carbocycles. The largest absolute Gasteiger partial charge is 0.325 e. The quantitative estimate of drug-likeness (QED) is 0.724. The molecule has 0 amide bonds. The Kier molecular flexibility index (Phi) is 3.90. The first-order valence-electron chi connectivity index (χ1n) is 5.06. The van der Waals surface area contributed by atoms with E-state index in [2.05, 4.69) is 36.4 Å². The van der Waals surface area contributed by atoms with Crippen molar-refractivity contribution in [1.29, 1.82) is 0 Å². The lowest BCUT2D eigenvalue weighted by Crippen LogP contribution is -2.30. The molecule has 0 spiro atoms. The Bertz CT molecular complexity index is 280. The van der Waals surface area contributed by atoms with Crippen LogP contribution in [0.3, 0.4) is 0 Å². The molecule has 1 rings (SSSR count). The number of rotatable bonds is 4. The minimum Gasteiger partial charge on any atom is -0.325 e. The molecule has 0 atom stereocenters. The fourth-order valence-electron chi connectivity index (χ4n) is 1.22. The highest BCUT2D eigenvalue weighted by Gasteiger charge is 2.06. The van der Waals surface area contributed by atoms with Crippen molar-refractivity contribution in [3.8, 4) is 0 Å². The van der Waals surface area contributed by atoms with Crippen LogP contribution in [-0.4, -0.2) is 5.54 Å². The van der Waals surface area contributed by atoms with Crippen LogP contribution in [-0.2, 0) is 6.42 Å². The van der Waals surface area contributed by atoms with Crippen molar-refractivity contribution in [2.24, 2.45) is 5.73 Å². The van der Waals surface area contributed by atoms with E-state index in [0.29, 0.717) is 0 Å². The van der Waals surface area contributed by atoms with E-state index in [1.807, 2.05) is 19.9 Å². The Hall–Kier alpha value is -1.08. The third-order valence-corrected chi connectivity index (χ3v) is 2.01. The van der Waals surface area contributed by atoms with Crippen molar-refractivity contribution in [2.45, 2.75) is 32.2 Å². The van der Waals surface area contributed by atoms with Gasteiger partial charge in [0.05, 0.1) is 0 Å². The van der Waals surface area contributed by atoms with Crippen LogP contribution >= 0.6 is 0 Å². The van der Waals surface area contributed by atoms with Crippen LogP contribution < -0.4 is 5.73 Å². The Labute approximate surface area is 86.6 Å². The van der Waals surface area contributed by atoms with Gasteiger partial charge in [-0.05, 0) is 32.3 Å². The molecule has 0 radical (unpaired) electrons. The Morgan fingerprint density at radius 1 is 1.14 bits per heavy atom. The van der Waals surface area contributed by atoms with Crippen molar-refractivity contribution in [3.63, 3.8) is 0 Å². The Morgan fingerprint density at radius 3 is 2.36 bits per heavy atom. The molecular formula is C13H19N. The molecule has 0 aliphatic rings. The monoisotopic (exact) mass is 189 g/mol. The van der Waals surface area contributed by atoms with Crippen molar-refractivity contribution in [3.05, 3.63) is 48.0 Å². The molecule has 14 heavy (non-hydrogen) atoms. The summed E-state index contributed by atoms with van der Waals surface area (Å²) in [5, 5.41) is 0. The van der Waals surface area contributed by atoms with Crippen LogP contribution in [0.4, 0.5) is 0 Å². The molecule has 0 heterocycles. The van der Waals surface area contributed by atoms with E-state index >= 15 is 0 Å². The average Bonchev–Trinajstić information content (AvgIpc) is 2.13. The highest BCUT2D eigenvalue weighted by atomic mass is 14.7. The van der Waals surface area contributed by atoms with Gasteiger partial charge in [-0.2, -0.15) is 0 Å². The van der Waals surface area contributed by atoms with Gasteiger partial charge < -0.3 is 5.73 Å². The third-order valence-electron chi connectivity index (χ3n) is 2.01. The first kappa shape index (κ1) is 11.0. The summed E-state index contributed by atoms with van der Waals surface area (Å²) >= 11 is 0. The normalized spacial score (nSPS) is 12.2. The third kappa shape index (κ3) is 4.83. The highest BCUT2D eigenvalue weighted by Crippen LogP contribution is 2.05. The number of nitrogens with two attached hydrogens (primary N) is 1. The van der Waals surface area contributed by atoms with E-state index in [4.69, 9.17) is 5.73 Å². The molecule has 0 fully saturated rings. The van der Waals surface area contributed by atoms with Gasteiger partial charge in [0.1, 0.15) is 0 Å². The van der Waals surface area contributed by atoms with Gasteiger partial charge in [-0.25, -0.2) is 0 Å². The summed E-state index contributed by atoms with van der Waals surface area (Å²) in [7, 11) is 0. The van der Waals surface area contributed by atoms with Crippen LogP contribution in [0.5, 0.6) is 0 Å². The first-order chi connectivity index (χ1) is 6.58. The second-order valence-corrected chi connectivity index (χ2v) is 4.35. The summed E-state index contributed by atoms with van der Waals surface area (Å²) in [6, 6.07) is 10.4. The average molecular weight is 189 g/mol. The molecule has 2 N–H and O–H groups in total. The molecule has 76 valence electrons. The molecule has 0 aliphatic carbocycles. The second kappa shape index (κ2) is 4.97. The summed E-state index contributed by atoms with van der Waals surface area (Å²) in [6.07, 6.45) is 6.27. The van der Waals surface area contributed by atoms with E-state index in [9.17, 15) is 0 Å². The summed E-state index contributed by atoms with van der Waals surface area (Å²) in [5.74, 6) is 0. The van der Waals surface area contributed by atoms with E-state index in [0.717, 1.165) is 12.8 Å². The summed E-state index contributed by atoms with van der Waals surface area (Å²) < 4.78 is 0. The number of hydrogen-bond donors (Lipinski definition) is 1. The minimum absolute atomic E-state index is 0.0901. The second-order valence-electron chi connectivity index (χ2n) is 4.35. The summed E-state index contributed by atoms with van der Waals surface area (Å²) in [5.41, 5.74) is 7.12. The van der Waals surface area contributed by atoms with E-state index in [1.165, 1.54) is 5.56 Å². The van der Waals surface area contributed by atoms with Gasteiger partial charge in [0, 0.05) is 5.54 Å². The van der Waals surface area contributed by atoms with Gasteiger partial charge in [-0.3, -0.25) is 0 Å². The van der Waals surface area contributed by atoms with E-state index in [-0.39, 0.29) is 5.54 Å². The molecule has 1 nitrogen and oxygen atoms in total. The topological polar surface area (TPSA) is 26.0 Å². The lowest BCUT2D eigenvalue weighted by atomic mass is 10.0. The first-order valence-corrected chi connectivity index (χ1v) is 5.06. The number of benzene rings is 1. The fourth-order valence-corrected chi connectivity index (χ4v) is 1.22. The van der Waals surface area contributed by atoms with Crippen molar-refractivity contribution < 1.29 is 0 Å². The summed E-state index contributed by atoms with van der Waals surface area (Å²) in [6.45, 7) is 4.08. The maximum Gasteiger partial charge on any atom is 0.0132 e. The molecule has 0 aromatic heterocycles. The van der Waals surface area contributed by atoms with Gasteiger partial charge in [0.15, 0.2) is 0 Å². The number of allylic oxidation sites excluding steroid dienone is 1. The lowest BCUT2D eigenvalue weighted by molar-refractivity contribution is 0.527. The zero-order chi connectivity index (χ0) is 10.4. The molecule has 0 unspecified atom stereocenters. The predicted molar refractivity (Wildman–Crippen MR) is 62.2 cm³/mol.